The van der Waals surface area contributed by atoms with Gasteiger partial charge in [-0.15, -0.1) is 0 Å². The summed E-state index contributed by atoms with van der Waals surface area (Å²) in [6.45, 7) is 0. The molecule has 0 amide bonds. The quantitative estimate of drug-likeness (QED) is 0.1000. The second-order valence-electron chi connectivity index (χ2n) is 33.3. The maximum absolute atomic E-state index is 6.76. The van der Waals surface area contributed by atoms with Gasteiger partial charge in [-0.25, -0.2) is 29.9 Å². The normalized spacial score (nSPS) is 12.6. The molecule has 2 aliphatic carbocycles. The van der Waals surface area contributed by atoms with Crippen molar-refractivity contribution in [1.82, 2.24) is 29.9 Å². The van der Waals surface area contributed by atoms with Crippen LogP contribution >= 0.6 is 0 Å². The van der Waals surface area contributed by atoms with E-state index in [0.29, 0.717) is 34.9 Å². The molecule has 25 rings (SSSR count). The number of hydrogen-bond donors (Lipinski definition) is 0. The summed E-state index contributed by atoms with van der Waals surface area (Å²) < 4.78 is 13.4. The van der Waals surface area contributed by atoms with Crippen LogP contribution in [0.25, 0.3) is 190 Å². The Morgan fingerprint density at radius 2 is 0.408 bits per heavy atom. The molecule has 608 valence electrons. The molecule has 4 heterocycles. The van der Waals surface area contributed by atoms with E-state index in [9.17, 15) is 0 Å². The molecule has 130 heavy (non-hydrogen) atoms. The number of furan rings is 2. The van der Waals surface area contributed by atoms with Gasteiger partial charge < -0.3 is 8.83 Å². The molecule has 2 aliphatic rings. The predicted molar refractivity (Wildman–Crippen MR) is 529 cm³/mol. The largest absolute Gasteiger partial charge is 0.456 e. The Kier molecular flexibility index (Phi) is 18.9. The fourth-order valence-electron chi connectivity index (χ4n) is 20.2. The van der Waals surface area contributed by atoms with Gasteiger partial charge in [0.05, 0.1) is 10.8 Å². The van der Waals surface area contributed by atoms with Crippen molar-refractivity contribution >= 4 is 43.9 Å². The second kappa shape index (κ2) is 32.1. The van der Waals surface area contributed by atoms with Gasteiger partial charge in [-0.1, -0.05) is 419 Å². The third-order valence-corrected chi connectivity index (χ3v) is 26.1. The van der Waals surface area contributed by atoms with Crippen LogP contribution in [0.3, 0.4) is 0 Å². The van der Waals surface area contributed by atoms with Gasteiger partial charge in [0.1, 0.15) is 22.3 Å². The minimum atomic E-state index is -0.548. The van der Waals surface area contributed by atoms with Crippen LogP contribution in [-0.2, 0) is 10.8 Å². The van der Waals surface area contributed by atoms with Crippen molar-refractivity contribution in [2.75, 3.05) is 0 Å². The van der Waals surface area contributed by atoms with E-state index in [-0.39, 0.29) is 0 Å². The van der Waals surface area contributed by atoms with Gasteiger partial charge in [0.25, 0.3) is 0 Å². The SMILES string of the molecule is c1ccc(-c2ccc(-c3nc(-c4cccc(-c5ccccc5)c4)nc(-c4ccccc4-c4cccc5oc6ccc(C7(c8ccccc8)c8ccccc8-c8ccccc87)cc6c45)n3)cc2)cc1.c1ccc(-c2cccc(-c3cccc(-c4nc(-c5ccccc5)nc(-c5cccc6oc7ccc(C8(c9ccccc9)c9ccccc9-c9ccccc98)cc7c56)n4)c3)c2)cc1. The zero-order valence-electron chi connectivity index (χ0n) is 70.5. The molecule has 0 radical (unpaired) electrons. The summed E-state index contributed by atoms with van der Waals surface area (Å²) in [4.78, 5) is 31.5. The lowest BCUT2D eigenvalue weighted by atomic mass is 9.67. The van der Waals surface area contributed by atoms with Crippen LogP contribution in [0.15, 0.2) is 482 Å². The van der Waals surface area contributed by atoms with Crippen molar-refractivity contribution in [3.63, 3.8) is 0 Å². The molecule has 19 aromatic carbocycles. The standard InChI is InChI=1S/C64H41N3O.C58H37N3O/c1-4-18-42(19-5-1)44-34-36-45(37-35-44)61-65-62(47-23-16-22-46(40-47)43-20-6-2-7-21-43)67-63(66-61)54-29-11-10-26-50(54)53-30-17-33-59-60(53)55-41-49(38-39-58(55)68-59)64(48-24-8-3-9-25-48)56-31-14-12-27-51(56)52-28-13-15-32-57(52)64;1-4-17-38(18-5-1)40-21-14-22-41(35-40)42-23-15-24-43(36-42)56-59-55(39-19-6-2-7-20-39)60-57(61-56)48-29-16-32-53-54(48)49-37-45(33-34-52(49)62-53)58(44-25-8-3-9-26-44)50-30-12-10-27-46(50)47-28-11-13-31-51(47)58/h1-41H;1-37H. The number of benzene rings is 19. The zero-order chi connectivity index (χ0) is 86.1. The van der Waals surface area contributed by atoms with Gasteiger partial charge in [0.15, 0.2) is 34.9 Å². The van der Waals surface area contributed by atoms with Crippen LogP contribution in [-0.4, -0.2) is 29.9 Å². The van der Waals surface area contributed by atoms with Gasteiger partial charge >= 0.3 is 0 Å². The maximum atomic E-state index is 6.76. The van der Waals surface area contributed by atoms with E-state index in [4.69, 9.17) is 38.7 Å². The van der Waals surface area contributed by atoms with Crippen molar-refractivity contribution in [1.29, 1.82) is 0 Å². The second-order valence-corrected chi connectivity index (χ2v) is 33.3. The molecule has 0 spiro atoms. The highest BCUT2D eigenvalue weighted by molar-refractivity contribution is 6.15. The minimum Gasteiger partial charge on any atom is -0.456 e. The van der Waals surface area contributed by atoms with Crippen LogP contribution in [0.2, 0.25) is 0 Å². The first kappa shape index (κ1) is 76.5. The number of aromatic nitrogens is 6. The van der Waals surface area contributed by atoms with E-state index in [1.54, 1.807) is 0 Å². The number of fused-ring (bicyclic) bond motifs is 12. The van der Waals surface area contributed by atoms with Gasteiger partial charge in [0.2, 0.25) is 0 Å². The molecule has 8 heteroatoms. The summed E-state index contributed by atoms with van der Waals surface area (Å²) >= 11 is 0. The highest BCUT2D eigenvalue weighted by atomic mass is 16.3. The fraction of sp³-hybridized carbons (Fsp3) is 0.0164. The molecule has 0 saturated carbocycles. The van der Waals surface area contributed by atoms with Gasteiger partial charge in [-0.3, -0.25) is 0 Å². The van der Waals surface area contributed by atoms with E-state index >= 15 is 0 Å². The summed E-state index contributed by atoms with van der Waals surface area (Å²) in [5.74, 6) is 3.58. The van der Waals surface area contributed by atoms with Crippen molar-refractivity contribution < 1.29 is 8.83 Å². The summed E-state index contributed by atoms with van der Waals surface area (Å²) in [6.07, 6.45) is 0. The molecule has 0 fully saturated rings. The summed E-state index contributed by atoms with van der Waals surface area (Å²) in [6, 6.07) is 167. The van der Waals surface area contributed by atoms with Crippen molar-refractivity contribution in [3.8, 4) is 146 Å². The predicted octanol–water partition coefficient (Wildman–Crippen LogP) is 30.6. The van der Waals surface area contributed by atoms with Crippen LogP contribution in [0.1, 0.15) is 44.5 Å². The van der Waals surface area contributed by atoms with Crippen LogP contribution in [0.5, 0.6) is 0 Å². The van der Waals surface area contributed by atoms with Gasteiger partial charge in [-0.2, -0.15) is 0 Å². The Morgan fingerprint density at radius 1 is 0.146 bits per heavy atom. The Labute approximate surface area is 752 Å². The van der Waals surface area contributed by atoms with E-state index in [1.807, 2.05) is 48.5 Å². The summed E-state index contributed by atoms with van der Waals surface area (Å²) in [5, 5.41) is 4.07. The van der Waals surface area contributed by atoms with Crippen LogP contribution in [0.4, 0.5) is 0 Å². The Bertz CT molecular complexity index is 8190. The molecule has 0 aliphatic heterocycles. The molecule has 4 aromatic heterocycles. The van der Waals surface area contributed by atoms with Gasteiger partial charge in [-0.05, 0) is 177 Å². The lowest BCUT2D eigenvalue weighted by Gasteiger charge is -2.33. The van der Waals surface area contributed by atoms with E-state index in [2.05, 4.69) is 425 Å². The van der Waals surface area contributed by atoms with Crippen molar-refractivity contribution in [2.24, 2.45) is 0 Å². The number of hydrogen-bond acceptors (Lipinski definition) is 8. The first-order valence-electron chi connectivity index (χ1n) is 44.1. The highest BCUT2D eigenvalue weighted by Gasteiger charge is 2.48. The molecule has 8 nitrogen and oxygen atoms in total. The fourth-order valence-corrected chi connectivity index (χ4v) is 20.2. The smallest absolute Gasteiger partial charge is 0.164 e. The van der Waals surface area contributed by atoms with E-state index < -0.39 is 10.8 Å². The monoisotopic (exact) mass is 1660 g/mol. The topological polar surface area (TPSA) is 104 Å². The van der Waals surface area contributed by atoms with Crippen LogP contribution < -0.4 is 0 Å². The molecule has 23 aromatic rings. The van der Waals surface area contributed by atoms with E-state index in [0.717, 1.165) is 122 Å². The minimum absolute atomic E-state index is 0.548. The molecule has 0 saturated heterocycles. The van der Waals surface area contributed by atoms with Crippen LogP contribution in [0, 0.1) is 0 Å². The average molecular weight is 1660 g/mol. The Morgan fingerprint density at radius 3 is 0.831 bits per heavy atom. The molecule has 0 N–H and O–H groups in total. The molecule has 0 atom stereocenters. The Hall–Kier alpha value is -17.2. The molecular formula is C122H78N6O2. The first-order chi connectivity index (χ1) is 64.4. The summed E-state index contributed by atoms with van der Waals surface area (Å²) in [7, 11) is 0. The highest BCUT2D eigenvalue weighted by Crippen LogP contribution is 2.59. The third-order valence-electron chi connectivity index (χ3n) is 26.1. The third kappa shape index (κ3) is 13.1. The average Bonchev–Trinajstić information content (AvgIpc) is 1.54. The lowest BCUT2D eigenvalue weighted by molar-refractivity contribution is 0.667. The first-order valence-corrected chi connectivity index (χ1v) is 44.1. The zero-order valence-corrected chi connectivity index (χ0v) is 70.5. The van der Waals surface area contributed by atoms with Crippen molar-refractivity contribution in [3.05, 3.63) is 518 Å². The Balaban J connectivity index is 0.000000145. The molecular weight excluding hydrogens is 1580 g/mol. The molecule has 0 bridgehead atoms. The molecule has 0 unspecified atom stereocenters. The van der Waals surface area contributed by atoms with Gasteiger partial charge in [0, 0.05) is 54.9 Å². The maximum Gasteiger partial charge on any atom is 0.164 e. The van der Waals surface area contributed by atoms with E-state index in [1.165, 1.54) is 77.9 Å². The number of rotatable bonds is 15. The van der Waals surface area contributed by atoms with Crippen molar-refractivity contribution in [2.45, 2.75) is 10.8 Å². The summed E-state index contributed by atoms with van der Waals surface area (Å²) in [5.41, 5.74) is 33.6. The lowest BCUT2D eigenvalue weighted by Crippen LogP contribution is -2.28. The number of nitrogens with zero attached hydrogens (tertiary/aromatic N) is 6.